The molecule has 0 aliphatic carbocycles. The molecule has 3 rings (SSSR count). The number of nitrogens with zero attached hydrogens (tertiary/aromatic N) is 2. The van der Waals surface area contributed by atoms with Crippen LogP contribution in [0.1, 0.15) is 18.1 Å². The Morgan fingerprint density at radius 2 is 1.60 bits per heavy atom. The van der Waals surface area contributed by atoms with E-state index in [-0.39, 0.29) is 30.4 Å². The second-order valence-electron chi connectivity index (χ2n) is 7.65. The molecular weight excluding hydrogens is 385 g/mol. The topological polar surface area (TPSA) is 61.9 Å². The van der Waals surface area contributed by atoms with Crippen LogP contribution in [0.4, 0.5) is 9.18 Å². The van der Waals surface area contributed by atoms with Crippen molar-refractivity contribution in [3.63, 3.8) is 0 Å². The molecule has 1 saturated heterocycles. The van der Waals surface area contributed by atoms with Gasteiger partial charge in [0, 0.05) is 26.2 Å². The van der Waals surface area contributed by atoms with Crippen LogP contribution in [0.25, 0.3) is 0 Å². The molecule has 0 spiro atoms. The fourth-order valence-corrected chi connectivity index (χ4v) is 3.25. The molecular formula is C23H28FN3O3. The molecule has 1 aliphatic heterocycles. The monoisotopic (exact) mass is 413 g/mol. The number of carbonyl (C=O) groups excluding carboxylic acids is 2. The van der Waals surface area contributed by atoms with Crippen molar-refractivity contribution >= 4 is 11.9 Å². The average Bonchev–Trinajstić information content (AvgIpc) is 2.75. The highest BCUT2D eigenvalue weighted by atomic mass is 19.1. The summed E-state index contributed by atoms with van der Waals surface area (Å²) in [5.74, 6) is 0.318. The minimum absolute atomic E-state index is 0.0833. The standard InChI is InChI=1S/C23H28FN3O3/c1-17-3-5-19(6-4-17)15-22(28)26-11-13-27(14-12-26)23(29)25-18(2)16-30-21-9-7-20(24)8-10-21/h3-10,18H,11-16H2,1-2H3,(H,25,29). The summed E-state index contributed by atoms with van der Waals surface area (Å²) in [5, 5.41) is 2.90. The van der Waals surface area contributed by atoms with Gasteiger partial charge >= 0.3 is 6.03 Å². The quantitative estimate of drug-likeness (QED) is 0.792. The smallest absolute Gasteiger partial charge is 0.317 e. The third kappa shape index (κ3) is 6.20. The molecule has 0 aromatic heterocycles. The van der Waals surface area contributed by atoms with Crippen LogP contribution in [0.2, 0.25) is 0 Å². The summed E-state index contributed by atoms with van der Waals surface area (Å²) in [6.45, 7) is 6.20. The zero-order chi connectivity index (χ0) is 21.5. The molecule has 1 atom stereocenters. The van der Waals surface area contributed by atoms with Crippen LogP contribution in [0.3, 0.4) is 0 Å². The van der Waals surface area contributed by atoms with Crippen molar-refractivity contribution in [1.29, 1.82) is 0 Å². The van der Waals surface area contributed by atoms with Crippen molar-refractivity contribution < 1.29 is 18.7 Å². The molecule has 1 heterocycles. The van der Waals surface area contributed by atoms with Crippen molar-refractivity contribution in [2.75, 3.05) is 32.8 Å². The fraction of sp³-hybridized carbons (Fsp3) is 0.391. The van der Waals surface area contributed by atoms with Crippen LogP contribution in [0.15, 0.2) is 48.5 Å². The van der Waals surface area contributed by atoms with Gasteiger partial charge in [-0.1, -0.05) is 29.8 Å². The number of ether oxygens (including phenoxy) is 1. The number of hydrogen-bond acceptors (Lipinski definition) is 3. The highest BCUT2D eigenvalue weighted by Crippen LogP contribution is 2.12. The van der Waals surface area contributed by atoms with Gasteiger partial charge in [-0.05, 0) is 43.7 Å². The molecule has 1 aliphatic rings. The first-order valence-electron chi connectivity index (χ1n) is 10.2. The summed E-state index contributed by atoms with van der Waals surface area (Å²) < 4.78 is 18.5. The van der Waals surface area contributed by atoms with E-state index in [0.29, 0.717) is 38.3 Å². The number of benzene rings is 2. The van der Waals surface area contributed by atoms with Crippen LogP contribution < -0.4 is 10.1 Å². The van der Waals surface area contributed by atoms with Gasteiger partial charge in [-0.3, -0.25) is 4.79 Å². The van der Waals surface area contributed by atoms with E-state index in [2.05, 4.69) is 5.32 Å². The van der Waals surface area contributed by atoms with Crippen LogP contribution in [-0.4, -0.2) is 60.6 Å². The van der Waals surface area contributed by atoms with Gasteiger partial charge in [-0.2, -0.15) is 0 Å². The van der Waals surface area contributed by atoms with E-state index in [1.54, 1.807) is 17.0 Å². The van der Waals surface area contributed by atoms with E-state index >= 15 is 0 Å². The summed E-state index contributed by atoms with van der Waals surface area (Å²) in [5.41, 5.74) is 2.17. The third-order valence-electron chi connectivity index (χ3n) is 5.08. The van der Waals surface area contributed by atoms with Crippen LogP contribution in [0.5, 0.6) is 5.75 Å². The van der Waals surface area contributed by atoms with Crippen molar-refractivity contribution in [3.05, 3.63) is 65.5 Å². The molecule has 1 N–H and O–H groups in total. The number of amides is 3. The first-order chi connectivity index (χ1) is 14.4. The maximum Gasteiger partial charge on any atom is 0.317 e. The van der Waals surface area contributed by atoms with Crippen molar-refractivity contribution in [3.8, 4) is 5.75 Å². The minimum Gasteiger partial charge on any atom is -0.491 e. The molecule has 30 heavy (non-hydrogen) atoms. The van der Waals surface area contributed by atoms with Crippen LogP contribution in [0, 0.1) is 12.7 Å². The van der Waals surface area contributed by atoms with Gasteiger partial charge in [-0.25, -0.2) is 9.18 Å². The zero-order valence-corrected chi connectivity index (χ0v) is 17.4. The van der Waals surface area contributed by atoms with E-state index in [0.717, 1.165) is 5.56 Å². The Morgan fingerprint density at radius 1 is 1.00 bits per heavy atom. The van der Waals surface area contributed by atoms with Crippen LogP contribution >= 0.6 is 0 Å². The van der Waals surface area contributed by atoms with E-state index < -0.39 is 0 Å². The number of urea groups is 1. The molecule has 0 saturated carbocycles. The Hall–Kier alpha value is -3.09. The predicted molar refractivity (Wildman–Crippen MR) is 113 cm³/mol. The second-order valence-corrected chi connectivity index (χ2v) is 7.65. The summed E-state index contributed by atoms with van der Waals surface area (Å²) in [7, 11) is 0. The average molecular weight is 413 g/mol. The van der Waals surface area contributed by atoms with Crippen molar-refractivity contribution in [2.45, 2.75) is 26.3 Å². The lowest BCUT2D eigenvalue weighted by Gasteiger charge is -2.35. The van der Waals surface area contributed by atoms with E-state index in [1.165, 1.54) is 17.7 Å². The molecule has 3 amide bonds. The van der Waals surface area contributed by atoms with Gasteiger partial charge < -0.3 is 19.9 Å². The summed E-state index contributed by atoms with van der Waals surface area (Å²) in [6.07, 6.45) is 0.379. The lowest BCUT2D eigenvalue weighted by Crippen LogP contribution is -2.55. The molecule has 0 radical (unpaired) electrons. The van der Waals surface area contributed by atoms with Crippen molar-refractivity contribution in [2.24, 2.45) is 0 Å². The zero-order valence-electron chi connectivity index (χ0n) is 17.4. The highest BCUT2D eigenvalue weighted by molar-refractivity contribution is 5.79. The first kappa shape index (κ1) is 21.6. The number of aryl methyl sites for hydroxylation is 1. The minimum atomic E-state index is -0.319. The number of halogens is 1. The molecule has 2 aromatic carbocycles. The van der Waals surface area contributed by atoms with Crippen LogP contribution in [-0.2, 0) is 11.2 Å². The highest BCUT2D eigenvalue weighted by Gasteiger charge is 2.24. The molecule has 160 valence electrons. The Labute approximate surface area is 176 Å². The van der Waals surface area contributed by atoms with E-state index in [9.17, 15) is 14.0 Å². The largest absolute Gasteiger partial charge is 0.491 e. The van der Waals surface area contributed by atoms with Gasteiger partial charge in [0.25, 0.3) is 0 Å². The maximum atomic E-state index is 12.9. The Balaban J connectivity index is 1.39. The first-order valence-corrected chi connectivity index (χ1v) is 10.2. The van der Waals surface area contributed by atoms with E-state index in [1.807, 2.05) is 43.0 Å². The molecule has 1 fully saturated rings. The summed E-state index contributed by atoms with van der Waals surface area (Å²) in [6, 6.07) is 13.4. The second kappa shape index (κ2) is 10.1. The number of hydrogen-bond donors (Lipinski definition) is 1. The lowest BCUT2D eigenvalue weighted by molar-refractivity contribution is -0.131. The Bertz CT molecular complexity index is 847. The number of carbonyl (C=O) groups is 2. The number of piperazine rings is 1. The van der Waals surface area contributed by atoms with Gasteiger partial charge in [0.05, 0.1) is 12.5 Å². The molecule has 6 nitrogen and oxygen atoms in total. The Kier molecular flexibility index (Phi) is 7.27. The lowest BCUT2D eigenvalue weighted by atomic mass is 10.1. The Morgan fingerprint density at radius 3 is 2.23 bits per heavy atom. The molecule has 0 bridgehead atoms. The number of nitrogens with one attached hydrogen (secondary N) is 1. The summed E-state index contributed by atoms with van der Waals surface area (Å²) >= 11 is 0. The number of rotatable bonds is 6. The maximum absolute atomic E-state index is 12.9. The van der Waals surface area contributed by atoms with Gasteiger partial charge in [0.2, 0.25) is 5.91 Å². The van der Waals surface area contributed by atoms with Crippen molar-refractivity contribution in [1.82, 2.24) is 15.1 Å². The SMILES string of the molecule is Cc1ccc(CC(=O)N2CCN(C(=O)NC(C)COc3ccc(F)cc3)CC2)cc1. The third-order valence-corrected chi connectivity index (χ3v) is 5.08. The summed E-state index contributed by atoms with van der Waals surface area (Å²) in [4.78, 5) is 28.5. The molecule has 1 unspecified atom stereocenters. The molecule has 2 aromatic rings. The molecule has 7 heteroatoms. The van der Waals surface area contributed by atoms with Gasteiger partial charge in [0.1, 0.15) is 18.2 Å². The van der Waals surface area contributed by atoms with Gasteiger partial charge in [-0.15, -0.1) is 0 Å². The normalized spacial score (nSPS) is 14.9. The van der Waals surface area contributed by atoms with Gasteiger partial charge in [0.15, 0.2) is 0 Å². The predicted octanol–water partition coefficient (Wildman–Crippen LogP) is 3.00. The van der Waals surface area contributed by atoms with E-state index in [4.69, 9.17) is 4.74 Å². The fourth-order valence-electron chi connectivity index (χ4n) is 3.25.